The van der Waals surface area contributed by atoms with Crippen molar-refractivity contribution in [2.75, 3.05) is 39.9 Å². The molecule has 0 radical (unpaired) electrons. The summed E-state index contributed by atoms with van der Waals surface area (Å²) in [6, 6.07) is 5.67. The summed E-state index contributed by atoms with van der Waals surface area (Å²) in [7, 11) is 1.60. The maximum absolute atomic E-state index is 11.9. The number of methoxy groups -OCH3 is 1. The van der Waals surface area contributed by atoms with Gasteiger partial charge in [0.2, 0.25) is 0 Å². The van der Waals surface area contributed by atoms with Gasteiger partial charge < -0.3 is 19.7 Å². The Morgan fingerprint density at radius 3 is 2.62 bits per heavy atom. The first-order valence-electron chi connectivity index (χ1n) is 8.95. The number of benzene rings is 1. The highest BCUT2D eigenvalue weighted by atomic mass is 16.5. The summed E-state index contributed by atoms with van der Waals surface area (Å²) in [5.74, 6) is 1.17. The van der Waals surface area contributed by atoms with Crippen molar-refractivity contribution >= 4 is 5.91 Å². The molecule has 1 fully saturated rings. The lowest BCUT2D eigenvalue weighted by atomic mass is 10.2. The molecule has 1 N–H and O–H groups in total. The molecule has 5 nitrogen and oxygen atoms in total. The van der Waals surface area contributed by atoms with E-state index in [1.165, 1.54) is 38.8 Å². The van der Waals surface area contributed by atoms with Gasteiger partial charge in [0.15, 0.2) is 18.1 Å². The zero-order chi connectivity index (χ0) is 17.2. The SMILES string of the molecule is COc1cc(C)ccc1OCC(=O)NCCCN1CCCCCC1. The molecule has 0 atom stereocenters. The highest BCUT2D eigenvalue weighted by Crippen LogP contribution is 2.27. The van der Waals surface area contributed by atoms with Crippen LogP contribution in [-0.2, 0) is 4.79 Å². The summed E-state index contributed by atoms with van der Waals surface area (Å²) >= 11 is 0. The van der Waals surface area contributed by atoms with Crippen LogP contribution >= 0.6 is 0 Å². The molecule has 1 aliphatic rings. The Bertz CT molecular complexity index is 511. The normalized spacial score (nSPS) is 15.6. The smallest absolute Gasteiger partial charge is 0.257 e. The minimum atomic E-state index is -0.0894. The van der Waals surface area contributed by atoms with Crippen molar-refractivity contribution in [1.82, 2.24) is 10.2 Å². The summed E-state index contributed by atoms with van der Waals surface area (Å²) in [6.45, 7) is 6.16. The molecule has 2 rings (SSSR count). The van der Waals surface area contributed by atoms with Crippen LogP contribution in [0.2, 0.25) is 0 Å². The van der Waals surface area contributed by atoms with Crippen LogP contribution in [0.1, 0.15) is 37.7 Å². The fourth-order valence-electron chi connectivity index (χ4n) is 2.98. The zero-order valence-corrected chi connectivity index (χ0v) is 15.0. The number of rotatable bonds is 8. The maximum Gasteiger partial charge on any atom is 0.257 e. The lowest BCUT2D eigenvalue weighted by Crippen LogP contribution is -2.33. The monoisotopic (exact) mass is 334 g/mol. The van der Waals surface area contributed by atoms with E-state index in [2.05, 4.69) is 10.2 Å². The van der Waals surface area contributed by atoms with Crippen LogP contribution in [0, 0.1) is 6.92 Å². The van der Waals surface area contributed by atoms with E-state index < -0.39 is 0 Å². The van der Waals surface area contributed by atoms with Gasteiger partial charge in [-0.25, -0.2) is 0 Å². The third-order valence-electron chi connectivity index (χ3n) is 4.35. The van der Waals surface area contributed by atoms with Crippen LogP contribution in [0.15, 0.2) is 18.2 Å². The molecular weight excluding hydrogens is 304 g/mol. The second-order valence-electron chi connectivity index (χ2n) is 6.40. The topological polar surface area (TPSA) is 50.8 Å². The third-order valence-corrected chi connectivity index (χ3v) is 4.35. The minimum absolute atomic E-state index is 0.0170. The average Bonchev–Trinajstić information content (AvgIpc) is 2.86. The highest BCUT2D eigenvalue weighted by molar-refractivity contribution is 5.77. The largest absolute Gasteiger partial charge is 0.493 e. The van der Waals surface area contributed by atoms with Gasteiger partial charge in [-0.1, -0.05) is 18.9 Å². The van der Waals surface area contributed by atoms with Crippen LogP contribution in [-0.4, -0.2) is 50.7 Å². The van der Waals surface area contributed by atoms with Gasteiger partial charge in [0.25, 0.3) is 5.91 Å². The Labute approximate surface area is 145 Å². The fourth-order valence-corrected chi connectivity index (χ4v) is 2.98. The van der Waals surface area contributed by atoms with Crippen LogP contribution in [0.4, 0.5) is 0 Å². The van der Waals surface area contributed by atoms with Gasteiger partial charge in [-0.2, -0.15) is 0 Å². The standard InChI is InChI=1S/C19H30N2O3/c1-16-8-9-17(18(14-16)23-2)24-15-19(22)20-10-7-13-21-11-5-3-4-6-12-21/h8-9,14H,3-7,10-13,15H2,1-2H3,(H,20,22). The number of aryl methyl sites for hydroxylation is 1. The van der Waals surface area contributed by atoms with E-state index in [0.29, 0.717) is 18.0 Å². The Hall–Kier alpha value is -1.75. The Kier molecular flexibility index (Phi) is 7.89. The van der Waals surface area contributed by atoms with E-state index in [-0.39, 0.29) is 12.5 Å². The molecule has 1 amide bonds. The second kappa shape index (κ2) is 10.2. The summed E-state index contributed by atoms with van der Waals surface area (Å²) < 4.78 is 10.8. The van der Waals surface area contributed by atoms with Gasteiger partial charge in [-0.15, -0.1) is 0 Å². The molecule has 1 heterocycles. The van der Waals surface area contributed by atoms with Crippen molar-refractivity contribution in [3.63, 3.8) is 0 Å². The number of likely N-dealkylation sites (tertiary alicyclic amines) is 1. The molecule has 0 bridgehead atoms. The van der Waals surface area contributed by atoms with Crippen LogP contribution in [0.25, 0.3) is 0 Å². The van der Waals surface area contributed by atoms with E-state index in [1.54, 1.807) is 7.11 Å². The average molecular weight is 334 g/mol. The van der Waals surface area contributed by atoms with Crippen molar-refractivity contribution in [3.05, 3.63) is 23.8 Å². The molecular formula is C19H30N2O3. The molecule has 1 aromatic carbocycles. The fraction of sp³-hybridized carbons (Fsp3) is 0.632. The number of carbonyl (C=O) groups excluding carboxylic acids is 1. The summed E-state index contributed by atoms with van der Waals surface area (Å²) in [5.41, 5.74) is 1.09. The van der Waals surface area contributed by atoms with E-state index in [4.69, 9.17) is 9.47 Å². The number of amides is 1. The zero-order valence-electron chi connectivity index (χ0n) is 15.0. The lowest BCUT2D eigenvalue weighted by Gasteiger charge is -2.19. The van der Waals surface area contributed by atoms with Gasteiger partial charge >= 0.3 is 0 Å². The lowest BCUT2D eigenvalue weighted by molar-refractivity contribution is -0.123. The predicted molar refractivity (Wildman–Crippen MR) is 95.8 cm³/mol. The molecule has 24 heavy (non-hydrogen) atoms. The number of hydrogen-bond acceptors (Lipinski definition) is 4. The van der Waals surface area contributed by atoms with Crippen molar-refractivity contribution in [3.8, 4) is 11.5 Å². The first kappa shape index (κ1) is 18.6. The summed E-state index contributed by atoms with van der Waals surface area (Å²) in [5, 5.41) is 2.93. The number of nitrogens with zero attached hydrogens (tertiary/aromatic N) is 1. The molecule has 1 saturated heterocycles. The van der Waals surface area contributed by atoms with E-state index in [1.807, 2.05) is 25.1 Å². The summed E-state index contributed by atoms with van der Waals surface area (Å²) in [6.07, 6.45) is 6.30. The van der Waals surface area contributed by atoms with Crippen LogP contribution < -0.4 is 14.8 Å². The van der Waals surface area contributed by atoms with Crippen LogP contribution in [0.5, 0.6) is 11.5 Å². The number of ether oxygens (including phenoxy) is 2. The first-order valence-corrected chi connectivity index (χ1v) is 8.95. The number of nitrogens with one attached hydrogen (secondary N) is 1. The number of carbonyl (C=O) groups is 1. The van der Waals surface area contributed by atoms with Crippen LogP contribution in [0.3, 0.4) is 0 Å². The Morgan fingerprint density at radius 1 is 1.17 bits per heavy atom. The second-order valence-corrected chi connectivity index (χ2v) is 6.40. The Balaban J connectivity index is 1.63. The van der Waals surface area contributed by atoms with Crippen molar-refractivity contribution in [2.45, 2.75) is 39.0 Å². The van der Waals surface area contributed by atoms with Gasteiger partial charge in [-0.05, 0) is 63.5 Å². The molecule has 5 heteroatoms. The number of hydrogen-bond donors (Lipinski definition) is 1. The summed E-state index contributed by atoms with van der Waals surface area (Å²) in [4.78, 5) is 14.4. The maximum atomic E-state index is 11.9. The van der Waals surface area contributed by atoms with Crippen molar-refractivity contribution in [2.24, 2.45) is 0 Å². The Morgan fingerprint density at radius 2 is 1.92 bits per heavy atom. The van der Waals surface area contributed by atoms with Crippen molar-refractivity contribution < 1.29 is 14.3 Å². The molecule has 0 saturated carbocycles. The van der Waals surface area contributed by atoms with Gasteiger partial charge in [0, 0.05) is 6.54 Å². The quantitative estimate of drug-likeness (QED) is 0.743. The third kappa shape index (κ3) is 6.40. The predicted octanol–water partition coefficient (Wildman–Crippen LogP) is 2.76. The molecule has 1 aliphatic heterocycles. The molecule has 134 valence electrons. The van der Waals surface area contributed by atoms with E-state index in [0.717, 1.165) is 18.5 Å². The molecule has 1 aromatic rings. The van der Waals surface area contributed by atoms with Gasteiger partial charge in [-0.3, -0.25) is 4.79 Å². The molecule has 0 aliphatic carbocycles. The van der Waals surface area contributed by atoms with Gasteiger partial charge in [0.1, 0.15) is 0 Å². The van der Waals surface area contributed by atoms with E-state index in [9.17, 15) is 4.79 Å². The highest BCUT2D eigenvalue weighted by Gasteiger charge is 2.10. The minimum Gasteiger partial charge on any atom is -0.493 e. The first-order chi connectivity index (χ1) is 11.7. The molecule has 0 spiro atoms. The van der Waals surface area contributed by atoms with E-state index >= 15 is 0 Å². The molecule has 0 unspecified atom stereocenters. The van der Waals surface area contributed by atoms with Crippen molar-refractivity contribution in [1.29, 1.82) is 0 Å². The molecule has 0 aromatic heterocycles. The van der Waals surface area contributed by atoms with Gasteiger partial charge in [0.05, 0.1) is 7.11 Å².